The molecular weight excluding hydrogens is 585 g/mol. The summed E-state index contributed by atoms with van der Waals surface area (Å²) in [5.41, 5.74) is 10.2. The number of fused-ring (bicyclic) bond motifs is 11. The molecule has 0 N–H and O–H groups in total. The molecule has 11 aromatic rings. The zero-order valence-electron chi connectivity index (χ0n) is 25.8. The topological polar surface area (TPSA) is 35.1 Å². The Kier molecular flexibility index (Phi) is 5.08. The van der Waals surface area contributed by atoms with E-state index < -0.39 is 0 Å². The number of hydrogen-bond donors (Lipinski definition) is 0. The van der Waals surface area contributed by atoms with E-state index in [9.17, 15) is 0 Å². The molecule has 7 aromatic carbocycles. The smallest absolute Gasteiger partial charge is 0.162 e. The van der Waals surface area contributed by atoms with Gasteiger partial charge in [-0.3, -0.25) is 4.57 Å². The van der Waals surface area contributed by atoms with Crippen LogP contribution in [0.1, 0.15) is 0 Å². The Balaban J connectivity index is 1.31. The number of hydrogen-bond acceptors (Lipinski definition) is 2. The van der Waals surface area contributed by atoms with Crippen LogP contribution in [-0.2, 0) is 0 Å². The minimum absolute atomic E-state index is 0.708. The third-order valence-corrected chi connectivity index (χ3v) is 10.0. The molecule has 0 amide bonds. The summed E-state index contributed by atoms with van der Waals surface area (Å²) in [6.07, 6.45) is 0. The molecule has 0 aliphatic rings. The van der Waals surface area contributed by atoms with E-state index in [1.54, 1.807) is 0 Å². The number of nitrogens with zero attached hydrogens (tertiary/aromatic N) is 4. The number of aromatic nitrogens is 4. The van der Waals surface area contributed by atoms with Crippen LogP contribution < -0.4 is 0 Å². The lowest BCUT2D eigenvalue weighted by molar-refractivity contribution is 1.08. The van der Waals surface area contributed by atoms with Crippen LogP contribution >= 0.6 is 0 Å². The number of para-hydroxylation sites is 4. The third-order valence-electron chi connectivity index (χ3n) is 10.0. The van der Waals surface area contributed by atoms with E-state index in [0.29, 0.717) is 5.82 Å². The van der Waals surface area contributed by atoms with Crippen LogP contribution in [0.5, 0.6) is 0 Å². The SMILES string of the molecule is c1ccc(-c2cccc(-c3nc(-n4c5ccccc5c5cc6c7ccccc7n7c8ccccc8c(c54)c67)c4ccccc4n3)c2)cc1. The lowest BCUT2D eigenvalue weighted by Gasteiger charge is -2.14. The van der Waals surface area contributed by atoms with Crippen molar-refractivity contribution in [3.8, 4) is 28.3 Å². The van der Waals surface area contributed by atoms with E-state index >= 15 is 0 Å². The monoisotopic (exact) mass is 610 g/mol. The maximum atomic E-state index is 5.46. The molecule has 0 fully saturated rings. The van der Waals surface area contributed by atoms with Crippen LogP contribution in [0.15, 0.2) is 158 Å². The summed E-state index contributed by atoms with van der Waals surface area (Å²) in [4.78, 5) is 10.6. The van der Waals surface area contributed by atoms with Crippen molar-refractivity contribution in [2.24, 2.45) is 0 Å². The minimum Gasteiger partial charge on any atom is -0.308 e. The summed E-state index contributed by atoms with van der Waals surface area (Å²) in [6, 6.07) is 56.2. The zero-order chi connectivity index (χ0) is 31.3. The Hall–Kier alpha value is -6.52. The van der Waals surface area contributed by atoms with Crippen molar-refractivity contribution in [1.29, 1.82) is 0 Å². The van der Waals surface area contributed by atoms with Gasteiger partial charge < -0.3 is 4.40 Å². The Morgan fingerprint density at radius 3 is 1.77 bits per heavy atom. The highest BCUT2D eigenvalue weighted by Gasteiger charge is 2.25. The molecule has 48 heavy (non-hydrogen) atoms. The van der Waals surface area contributed by atoms with Gasteiger partial charge in [-0.15, -0.1) is 0 Å². The van der Waals surface area contributed by atoms with Crippen LogP contribution in [0, 0.1) is 0 Å². The molecule has 4 heterocycles. The quantitative estimate of drug-likeness (QED) is 0.199. The first kappa shape index (κ1) is 25.6. The average Bonchev–Trinajstić information content (AvgIpc) is 3.79. The van der Waals surface area contributed by atoms with Crippen molar-refractivity contribution in [3.63, 3.8) is 0 Å². The molecule has 11 rings (SSSR count). The molecular formula is C44H26N4. The Morgan fingerprint density at radius 2 is 0.958 bits per heavy atom. The average molecular weight is 611 g/mol. The van der Waals surface area contributed by atoms with Crippen LogP contribution in [0.25, 0.3) is 99.1 Å². The van der Waals surface area contributed by atoms with E-state index in [-0.39, 0.29) is 0 Å². The Bertz CT molecular complexity index is 3060. The van der Waals surface area contributed by atoms with Gasteiger partial charge in [0.25, 0.3) is 0 Å². The Morgan fingerprint density at radius 1 is 0.375 bits per heavy atom. The van der Waals surface area contributed by atoms with E-state index in [2.05, 4.69) is 167 Å². The van der Waals surface area contributed by atoms with Crippen LogP contribution in [0.4, 0.5) is 0 Å². The van der Waals surface area contributed by atoms with Gasteiger partial charge in [-0.05, 0) is 53.6 Å². The predicted molar refractivity (Wildman–Crippen MR) is 199 cm³/mol. The highest BCUT2D eigenvalue weighted by molar-refractivity contribution is 6.34. The molecule has 222 valence electrons. The largest absolute Gasteiger partial charge is 0.308 e. The predicted octanol–water partition coefficient (Wildman–Crippen LogP) is 11.2. The van der Waals surface area contributed by atoms with Crippen LogP contribution in [0.3, 0.4) is 0 Å². The van der Waals surface area contributed by atoms with Crippen LogP contribution in [-0.4, -0.2) is 18.9 Å². The van der Waals surface area contributed by atoms with Gasteiger partial charge >= 0.3 is 0 Å². The first-order valence-corrected chi connectivity index (χ1v) is 16.4. The van der Waals surface area contributed by atoms with Crippen molar-refractivity contribution in [2.45, 2.75) is 0 Å². The zero-order valence-corrected chi connectivity index (χ0v) is 25.8. The van der Waals surface area contributed by atoms with E-state index in [1.165, 1.54) is 59.9 Å². The van der Waals surface area contributed by atoms with Gasteiger partial charge in [0.1, 0.15) is 5.82 Å². The number of rotatable bonds is 3. The van der Waals surface area contributed by atoms with Gasteiger partial charge in [0.2, 0.25) is 0 Å². The fourth-order valence-corrected chi connectivity index (χ4v) is 8.00. The molecule has 0 saturated carbocycles. The number of benzene rings is 7. The summed E-state index contributed by atoms with van der Waals surface area (Å²) in [7, 11) is 0. The fourth-order valence-electron chi connectivity index (χ4n) is 8.00. The second kappa shape index (κ2) is 9.50. The van der Waals surface area contributed by atoms with Crippen LogP contribution in [0.2, 0.25) is 0 Å². The molecule has 0 atom stereocenters. The van der Waals surface area contributed by atoms with Gasteiger partial charge in [0.05, 0.1) is 33.1 Å². The molecule has 0 saturated heterocycles. The van der Waals surface area contributed by atoms with Gasteiger partial charge in [-0.2, -0.15) is 0 Å². The molecule has 0 aliphatic heterocycles. The van der Waals surface area contributed by atoms with E-state index in [0.717, 1.165) is 33.4 Å². The normalized spacial score (nSPS) is 12.2. The molecule has 0 unspecified atom stereocenters. The van der Waals surface area contributed by atoms with Crippen molar-refractivity contribution in [1.82, 2.24) is 18.9 Å². The van der Waals surface area contributed by atoms with E-state index in [4.69, 9.17) is 9.97 Å². The highest BCUT2D eigenvalue weighted by Crippen LogP contribution is 2.46. The van der Waals surface area contributed by atoms with E-state index in [1.807, 2.05) is 0 Å². The van der Waals surface area contributed by atoms with Crippen molar-refractivity contribution in [2.75, 3.05) is 0 Å². The maximum Gasteiger partial charge on any atom is 0.162 e. The molecule has 0 bridgehead atoms. The minimum atomic E-state index is 0.708. The van der Waals surface area contributed by atoms with Crippen molar-refractivity contribution in [3.05, 3.63) is 158 Å². The summed E-state index contributed by atoms with van der Waals surface area (Å²) in [5.74, 6) is 1.59. The molecule has 0 spiro atoms. The third kappa shape index (κ3) is 3.38. The standard InChI is InChI=1S/C44H26N4/c1-2-13-27(14-3-1)28-15-12-16-29(25-28)43-45-36-21-8-4-19-32(36)44(46-43)48-38-23-10-6-18-31(38)35-26-34-30-17-5-9-22-37(30)47-39-24-11-7-20-33(39)40(41(34)47)42(35)48/h1-26H. The second-order valence-corrected chi connectivity index (χ2v) is 12.6. The molecule has 4 heteroatoms. The van der Waals surface area contributed by atoms with Gasteiger partial charge in [0.15, 0.2) is 5.82 Å². The van der Waals surface area contributed by atoms with Crippen molar-refractivity contribution < 1.29 is 0 Å². The van der Waals surface area contributed by atoms with Gasteiger partial charge in [-0.1, -0.05) is 115 Å². The first-order valence-electron chi connectivity index (χ1n) is 16.4. The summed E-state index contributed by atoms with van der Waals surface area (Å²) in [6.45, 7) is 0. The highest BCUT2D eigenvalue weighted by atomic mass is 15.1. The molecule has 4 aromatic heterocycles. The van der Waals surface area contributed by atoms with Gasteiger partial charge in [0, 0.05) is 43.3 Å². The fraction of sp³-hybridized carbons (Fsp3) is 0. The summed E-state index contributed by atoms with van der Waals surface area (Å²) in [5, 5.41) is 8.49. The molecule has 0 radical (unpaired) electrons. The lowest BCUT2D eigenvalue weighted by Crippen LogP contribution is -2.03. The second-order valence-electron chi connectivity index (χ2n) is 12.6. The summed E-state index contributed by atoms with van der Waals surface area (Å²) >= 11 is 0. The summed E-state index contributed by atoms with van der Waals surface area (Å²) < 4.78 is 4.85. The molecule has 0 aliphatic carbocycles. The van der Waals surface area contributed by atoms with Crippen molar-refractivity contribution >= 4 is 70.8 Å². The first-order chi connectivity index (χ1) is 23.8. The Labute approximate surface area is 275 Å². The molecule has 4 nitrogen and oxygen atoms in total. The lowest BCUT2D eigenvalue weighted by atomic mass is 10.0. The maximum absolute atomic E-state index is 5.46. The van der Waals surface area contributed by atoms with Gasteiger partial charge in [-0.25, -0.2) is 9.97 Å².